The normalized spacial score (nSPS) is 13.1. The van der Waals surface area contributed by atoms with E-state index in [9.17, 15) is 0 Å². The van der Waals surface area contributed by atoms with E-state index in [1.54, 1.807) is 0 Å². The van der Waals surface area contributed by atoms with Gasteiger partial charge >= 0.3 is 0 Å². The van der Waals surface area contributed by atoms with Gasteiger partial charge in [0.15, 0.2) is 0 Å². The minimum Gasteiger partial charge on any atom is -0.338 e. The summed E-state index contributed by atoms with van der Waals surface area (Å²) >= 11 is 0. The number of anilines is 4. The number of nitrogens with zero attached hydrogens (tertiary/aromatic N) is 2. The van der Waals surface area contributed by atoms with Crippen molar-refractivity contribution in [2.24, 2.45) is 0 Å². The maximum absolute atomic E-state index is 2.46. The highest BCUT2D eigenvalue weighted by Gasteiger charge is 2.26. The highest BCUT2D eigenvalue weighted by molar-refractivity contribution is 5.93. The van der Waals surface area contributed by atoms with E-state index < -0.39 is 0 Å². The molecule has 0 fully saturated rings. The molecule has 1 heterocycles. The Morgan fingerprint density at radius 2 is 0.900 bits per heavy atom. The standard InChI is InChI=1S/C18H22N2/c1-3-13-19-15-9-5-7-11-17(15)20(14-4-2)18-12-8-6-10-16(18)19/h5-12H,3-4,13-14H2,1-2H3. The van der Waals surface area contributed by atoms with Gasteiger partial charge in [0.1, 0.15) is 0 Å². The second-order valence-corrected chi connectivity index (χ2v) is 5.28. The molecule has 1 aliphatic rings. The lowest BCUT2D eigenvalue weighted by Crippen LogP contribution is -2.30. The van der Waals surface area contributed by atoms with Crippen molar-refractivity contribution in [3.63, 3.8) is 0 Å². The predicted octanol–water partition coefficient (Wildman–Crippen LogP) is 5.10. The number of rotatable bonds is 4. The fourth-order valence-corrected chi connectivity index (χ4v) is 3.03. The minimum atomic E-state index is 1.06. The molecule has 0 aromatic heterocycles. The first-order valence-electron chi connectivity index (χ1n) is 7.60. The Labute approximate surface area is 121 Å². The van der Waals surface area contributed by atoms with E-state index in [4.69, 9.17) is 0 Å². The van der Waals surface area contributed by atoms with Crippen molar-refractivity contribution >= 4 is 22.7 Å². The number of fused-ring (bicyclic) bond motifs is 2. The first-order valence-corrected chi connectivity index (χ1v) is 7.60. The van der Waals surface area contributed by atoms with Crippen molar-refractivity contribution in [2.75, 3.05) is 22.9 Å². The molecule has 3 rings (SSSR count). The minimum absolute atomic E-state index is 1.06. The third-order valence-electron chi connectivity index (χ3n) is 3.82. The zero-order valence-electron chi connectivity index (χ0n) is 12.3. The van der Waals surface area contributed by atoms with Crippen LogP contribution in [0.4, 0.5) is 22.7 Å². The molecule has 20 heavy (non-hydrogen) atoms. The average molecular weight is 266 g/mol. The van der Waals surface area contributed by atoms with E-state index in [0.29, 0.717) is 0 Å². The molecule has 2 aromatic carbocycles. The smallest absolute Gasteiger partial charge is 0.0652 e. The molecule has 0 amide bonds. The van der Waals surface area contributed by atoms with Gasteiger partial charge in [0.25, 0.3) is 0 Å². The highest BCUT2D eigenvalue weighted by atomic mass is 15.3. The van der Waals surface area contributed by atoms with Crippen LogP contribution in [0.15, 0.2) is 48.5 Å². The second kappa shape index (κ2) is 5.58. The van der Waals surface area contributed by atoms with Crippen LogP contribution in [-0.4, -0.2) is 13.1 Å². The molecule has 2 aromatic rings. The monoisotopic (exact) mass is 266 g/mol. The van der Waals surface area contributed by atoms with Crippen LogP contribution in [0.2, 0.25) is 0 Å². The van der Waals surface area contributed by atoms with Gasteiger partial charge in [-0.3, -0.25) is 0 Å². The van der Waals surface area contributed by atoms with Gasteiger partial charge in [-0.05, 0) is 37.1 Å². The first kappa shape index (κ1) is 13.0. The average Bonchev–Trinajstić information content (AvgIpc) is 2.50. The van der Waals surface area contributed by atoms with Crippen molar-refractivity contribution in [3.8, 4) is 0 Å². The zero-order chi connectivity index (χ0) is 13.9. The Hall–Kier alpha value is -1.96. The Bertz CT molecular complexity index is 492. The highest BCUT2D eigenvalue weighted by Crippen LogP contribution is 2.47. The van der Waals surface area contributed by atoms with Gasteiger partial charge in [0, 0.05) is 13.1 Å². The summed E-state index contributed by atoms with van der Waals surface area (Å²) < 4.78 is 0. The van der Waals surface area contributed by atoms with E-state index in [2.05, 4.69) is 72.2 Å². The maximum atomic E-state index is 2.46. The first-order chi connectivity index (χ1) is 9.86. The van der Waals surface area contributed by atoms with Gasteiger partial charge < -0.3 is 9.80 Å². The van der Waals surface area contributed by atoms with Gasteiger partial charge in [-0.25, -0.2) is 0 Å². The fraction of sp³-hybridized carbons (Fsp3) is 0.333. The van der Waals surface area contributed by atoms with Gasteiger partial charge in [-0.2, -0.15) is 0 Å². The molecule has 0 atom stereocenters. The van der Waals surface area contributed by atoms with Crippen molar-refractivity contribution in [2.45, 2.75) is 26.7 Å². The van der Waals surface area contributed by atoms with E-state index in [1.165, 1.54) is 22.7 Å². The van der Waals surface area contributed by atoms with Gasteiger partial charge in [-0.1, -0.05) is 38.1 Å². The molecule has 1 aliphatic heterocycles. The molecule has 0 spiro atoms. The third-order valence-corrected chi connectivity index (χ3v) is 3.82. The van der Waals surface area contributed by atoms with E-state index in [0.717, 1.165) is 25.9 Å². The van der Waals surface area contributed by atoms with Crippen molar-refractivity contribution < 1.29 is 0 Å². The van der Waals surface area contributed by atoms with Crippen LogP contribution in [0.5, 0.6) is 0 Å². The lowest BCUT2D eigenvalue weighted by molar-refractivity contribution is 0.840. The summed E-state index contributed by atoms with van der Waals surface area (Å²) in [5.74, 6) is 0. The molecule has 0 bridgehead atoms. The molecule has 0 unspecified atom stereocenters. The van der Waals surface area contributed by atoms with E-state index in [-0.39, 0.29) is 0 Å². The maximum Gasteiger partial charge on any atom is 0.0652 e. The lowest BCUT2D eigenvalue weighted by atomic mass is 10.1. The van der Waals surface area contributed by atoms with E-state index in [1.807, 2.05) is 0 Å². The summed E-state index contributed by atoms with van der Waals surface area (Å²) in [6.45, 7) is 6.61. The Morgan fingerprint density at radius 3 is 1.15 bits per heavy atom. The fourth-order valence-electron chi connectivity index (χ4n) is 3.03. The zero-order valence-corrected chi connectivity index (χ0v) is 12.3. The second-order valence-electron chi connectivity index (χ2n) is 5.28. The molecule has 0 saturated heterocycles. The topological polar surface area (TPSA) is 6.48 Å². The van der Waals surface area contributed by atoms with E-state index >= 15 is 0 Å². The molecule has 104 valence electrons. The van der Waals surface area contributed by atoms with Gasteiger partial charge in [-0.15, -0.1) is 0 Å². The van der Waals surface area contributed by atoms with Gasteiger partial charge in [0.2, 0.25) is 0 Å². The summed E-state index contributed by atoms with van der Waals surface area (Å²) in [6, 6.07) is 17.5. The number of benzene rings is 2. The molecular formula is C18H22N2. The molecule has 0 aliphatic carbocycles. The Balaban J connectivity index is 2.17. The lowest BCUT2D eigenvalue weighted by Gasteiger charge is -2.40. The summed E-state index contributed by atoms with van der Waals surface area (Å²) in [5.41, 5.74) is 5.34. The number of hydrogen-bond acceptors (Lipinski definition) is 2. The van der Waals surface area contributed by atoms with Crippen LogP contribution in [0.3, 0.4) is 0 Å². The summed E-state index contributed by atoms with van der Waals surface area (Å²) in [5, 5.41) is 0. The molecule has 0 saturated carbocycles. The molecule has 2 heteroatoms. The summed E-state index contributed by atoms with van der Waals surface area (Å²) in [6.07, 6.45) is 2.30. The van der Waals surface area contributed by atoms with Crippen LogP contribution < -0.4 is 9.80 Å². The van der Waals surface area contributed by atoms with Crippen LogP contribution in [0.1, 0.15) is 26.7 Å². The van der Waals surface area contributed by atoms with Gasteiger partial charge in [0.05, 0.1) is 22.7 Å². The van der Waals surface area contributed by atoms with Crippen LogP contribution >= 0.6 is 0 Å². The number of hydrogen-bond donors (Lipinski definition) is 0. The van der Waals surface area contributed by atoms with Crippen molar-refractivity contribution in [3.05, 3.63) is 48.5 Å². The molecular weight excluding hydrogens is 244 g/mol. The Kier molecular flexibility index (Phi) is 3.64. The molecule has 0 N–H and O–H groups in total. The SMILES string of the molecule is CCCN1c2ccccc2N(CCC)c2ccccc21. The quantitative estimate of drug-likeness (QED) is 0.760. The van der Waals surface area contributed by atoms with Crippen molar-refractivity contribution in [1.82, 2.24) is 0 Å². The molecule has 2 nitrogen and oxygen atoms in total. The predicted molar refractivity (Wildman–Crippen MR) is 87.5 cm³/mol. The summed E-state index contributed by atoms with van der Waals surface area (Å²) in [7, 11) is 0. The molecule has 0 radical (unpaired) electrons. The largest absolute Gasteiger partial charge is 0.338 e. The van der Waals surface area contributed by atoms with Crippen molar-refractivity contribution in [1.29, 1.82) is 0 Å². The van der Waals surface area contributed by atoms with Crippen LogP contribution in [-0.2, 0) is 0 Å². The number of para-hydroxylation sites is 4. The van der Waals surface area contributed by atoms with Crippen LogP contribution in [0, 0.1) is 0 Å². The Morgan fingerprint density at radius 1 is 0.600 bits per heavy atom. The summed E-state index contributed by atoms with van der Waals surface area (Å²) in [4.78, 5) is 4.91. The van der Waals surface area contributed by atoms with Crippen LogP contribution in [0.25, 0.3) is 0 Å². The third kappa shape index (κ3) is 2.05.